The lowest BCUT2D eigenvalue weighted by molar-refractivity contribution is 0.738. The lowest BCUT2D eigenvalue weighted by Gasteiger charge is -2.08. The normalized spacial score (nSPS) is 18.9. The van der Waals surface area contributed by atoms with Crippen LogP contribution in [0.15, 0.2) is 41.7 Å². The molecule has 0 amide bonds. The molecular formula is C14H15N3S. The van der Waals surface area contributed by atoms with E-state index in [-0.39, 0.29) is 0 Å². The van der Waals surface area contributed by atoms with Crippen LogP contribution in [-0.4, -0.2) is 21.9 Å². The second kappa shape index (κ2) is 4.98. The third-order valence-electron chi connectivity index (χ3n) is 3.11. The highest BCUT2D eigenvalue weighted by molar-refractivity contribution is 8.14. The van der Waals surface area contributed by atoms with Crippen molar-refractivity contribution in [3.63, 3.8) is 0 Å². The first-order valence-electron chi connectivity index (χ1n) is 6.17. The van der Waals surface area contributed by atoms with Crippen molar-refractivity contribution in [3.05, 3.63) is 36.7 Å². The van der Waals surface area contributed by atoms with Gasteiger partial charge in [0, 0.05) is 29.2 Å². The number of nitrogens with one attached hydrogen (secondary N) is 1. The Hall–Kier alpha value is -1.55. The van der Waals surface area contributed by atoms with E-state index in [4.69, 9.17) is 0 Å². The number of hydrogen-bond donors (Lipinski definition) is 1. The summed E-state index contributed by atoms with van der Waals surface area (Å²) in [4.78, 5) is 8.85. The molecule has 1 aromatic carbocycles. The number of rotatable bonds is 2. The summed E-state index contributed by atoms with van der Waals surface area (Å²) in [5.74, 6) is 1.09. The van der Waals surface area contributed by atoms with Crippen molar-refractivity contribution in [1.29, 1.82) is 0 Å². The fourth-order valence-electron chi connectivity index (χ4n) is 2.03. The van der Waals surface area contributed by atoms with Gasteiger partial charge in [0.1, 0.15) is 0 Å². The molecule has 18 heavy (non-hydrogen) atoms. The molecule has 1 aliphatic rings. The molecule has 0 fully saturated rings. The molecule has 1 N–H and O–H groups in total. The molecule has 3 nitrogen and oxygen atoms in total. The number of aliphatic imine (C=N–C) groups is 1. The molecule has 92 valence electrons. The number of pyridine rings is 1. The molecule has 1 unspecified atom stereocenters. The monoisotopic (exact) mass is 257 g/mol. The largest absolute Gasteiger partial charge is 0.334 e. The Morgan fingerprint density at radius 1 is 1.39 bits per heavy atom. The summed E-state index contributed by atoms with van der Waals surface area (Å²) in [5, 5.41) is 6.79. The highest BCUT2D eigenvalue weighted by Crippen LogP contribution is 2.26. The van der Waals surface area contributed by atoms with Crippen LogP contribution in [-0.2, 0) is 0 Å². The van der Waals surface area contributed by atoms with Gasteiger partial charge < -0.3 is 5.32 Å². The van der Waals surface area contributed by atoms with Crippen LogP contribution < -0.4 is 5.32 Å². The van der Waals surface area contributed by atoms with Gasteiger partial charge in [-0.25, -0.2) is 0 Å². The van der Waals surface area contributed by atoms with E-state index in [0.717, 1.165) is 28.4 Å². The number of thioether (sulfide) groups is 1. The summed E-state index contributed by atoms with van der Waals surface area (Å²) in [6.07, 6.45) is 4.82. The number of nitrogens with zero attached hydrogens (tertiary/aromatic N) is 2. The predicted molar refractivity (Wildman–Crippen MR) is 79.3 cm³/mol. The van der Waals surface area contributed by atoms with Gasteiger partial charge in [0.2, 0.25) is 0 Å². The Bertz CT molecular complexity index is 589. The first-order chi connectivity index (χ1) is 8.86. The topological polar surface area (TPSA) is 37.3 Å². The van der Waals surface area contributed by atoms with E-state index in [2.05, 4.69) is 40.4 Å². The van der Waals surface area contributed by atoms with Gasteiger partial charge in [-0.15, -0.1) is 0 Å². The van der Waals surface area contributed by atoms with Gasteiger partial charge in [0.25, 0.3) is 0 Å². The van der Waals surface area contributed by atoms with Crippen LogP contribution in [0.1, 0.15) is 13.3 Å². The minimum atomic E-state index is 0.464. The quantitative estimate of drug-likeness (QED) is 0.894. The minimum absolute atomic E-state index is 0.464. The first kappa shape index (κ1) is 11.5. The average molecular weight is 257 g/mol. The van der Waals surface area contributed by atoms with Crippen molar-refractivity contribution in [2.75, 3.05) is 11.1 Å². The summed E-state index contributed by atoms with van der Waals surface area (Å²) < 4.78 is 0. The number of benzene rings is 1. The maximum absolute atomic E-state index is 4.66. The van der Waals surface area contributed by atoms with Gasteiger partial charge in [0.15, 0.2) is 5.17 Å². The number of amidine groups is 1. The van der Waals surface area contributed by atoms with E-state index in [1.807, 2.05) is 18.5 Å². The third-order valence-corrected chi connectivity index (χ3v) is 4.14. The lowest BCUT2D eigenvalue weighted by atomic mass is 10.1. The van der Waals surface area contributed by atoms with Crippen molar-refractivity contribution in [3.8, 4) is 0 Å². The fraction of sp³-hybridized carbons (Fsp3) is 0.286. The number of hydrogen-bond acceptors (Lipinski definition) is 4. The van der Waals surface area contributed by atoms with E-state index < -0.39 is 0 Å². The van der Waals surface area contributed by atoms with Crippen LogP contribution in [0.25, 0.3) is 10.8 Å². The van der Waals surface area contributed by atoms with Crippen LogP contribution in [0.3, 0.4) is 0 Å². The predicted octanol–water partition coefficient (Wildman–Crippen LogP) is 3.53. The van der Waals surface area contributed by atoms with Gasteiger partial charge in [-0.2, -0.15) is 0 Å². The SMILES string of the molecule is CCC1CSC(Nc2cccc3ccncc23)=N1. The van der Waals surface area contributed by atoms with Crippen LogP contribution in [0, 0.1) is 0 Å². The highest BCUT2D eigenvalue weighted by Gasteiger charge is 2.16. The van der Waals surface area contributed by atoms with Crippen molar-refractivity contribution in [2.45, 2.75) is 19.4 Å². The molecule has 0 aliphatic carbocycles. The van der Waals surface area contributed by atoms with E-state index in [9.17, 15) is 0 Å². The molecular weight excluding hydrogens is 242 g/mol. The van der Waals surface area contributed by atoms with Crippen LogP contribution >= 0.6 is 11.8 Å². The molecule has 4 heteroatoms. The summed E-state index contributed by atoms with van der Waals surface area (Å²) in [6.45, 7) is 2.18. The number of fused-ring (bicyclic) bond motifs is 1. The van der Waals surface area contributed by atoms with Gasteiger partial charge >= 0.3 is 0 Å². The summed E-state index contributed by atoms with van der Waals surface area (Å²) in [7, 11) is 0. The van der Waals surface area contributed by atoms with Gasteiger partial charge in [-0.05, 0) is 23.9 Å². The molecule has 1 aliphatic heterocycles. The number of anilines is 1. The van der Waals surface area contributed by atoms with Gasteiger partial charge in [0.05, 0.1) is 6.04 Å². The maximum Gasteiger partial charge on any atom is 0.161 e. The molecule has 0 radical (unpaired) electrons. The fourth-order valence-corrected chi connectivity index (χ4v) is 3.10. The summed E-state index contributed by atoms with van der Waals surface area (Å²) in [6, 6.07) is 8.72. The Balaban J connectivity index is 1.91. The van der Waals surface area contributed by atoms with E-state index >= 15 is 0 Å². The number of aromatic nitrogens is 1. The van der Waals surface area contributed by atoms with Crippen molar-refractivity contribution >= 4 is 33.4 Å². The molecule has 0 saturated carbocycles. The average Bonchev–Trinajstić information content (AvgIpc) is 2.87. The Morgan fingerprint density at radius 3 is 3.17 bits per heavy atom. The summed E-state index contributed by atoms with van der Waals surface area (Å²) >= 11 is 1.80. The van der Waals surface area contributed by atoms with E-state index in [1.54, 1.807) is 11.8 Å². The van der Waals surface area contributed by atoms with E-state index in [1.165, 1.54) is 5.39 Å². The standard InChI is InChI=1S/C14H15N3S/c1-2-11-9-18-14(16-11)17-13-5-3-4-10-6-7-15-8-12(10)13/h3-8,11H,2,9H2,1H3,(H,16,17). The molecule has 1 aromatic heterocycles. The Labute approximate surface area is 111 Å². The minimum Gasteiger partial charge on any atom is -0.334 e. The van der Waals surface area contributed by atoms with E-state index in [0.29, 0.717) is 6.04 Å². The highest BCUT2D eigenvalue weighted by atomic mass is 32.2. The molecule has 0 spiro atoms. The van der Waals surface area contributed by atoms with Crippen LogP contribution in [0.5, 0.6) is 0 Å². The zero-order valence-corrected chi connectivity index (χ0v) is 11.1. The molecule has 3 rings (SSSR count). The first-order valence-corrected chi connectivity index (χ1v) is 7.15. The Kier molecular flexibility index (Phi) is 3.19. The van der Waals surface area contributed by atoms with Crippen molar-refractivity contribution in [1.82, 2.24) is 4.98 Å². The Morgan fingerprint density at radius 2 is 2.33 bits per heavy atom. The van der Waals surface area contributed by atoms with Crippen LogP contribution in [0.4, 0.5) is 5.69 Å². The molecule has 1 atom stereocenters. The third kappa shape index (κ3) is 2.20. The van der Waals surface area contributed by atoms with Crippen LogP contribution in [0.2, 0.25) is 0 Å². The maximum atomic E-state index is 4.66. The molecule has 2 aromatic rings. The zero-order valence-electron chi connectivity index (χ0n) is 10.3. The van der Waals surface area contributed by atoms with Crippen molar-refractivity contribution < 1.29 is 0 Å². The second-order valence-corrected chi connectivity index (χ2v) is 5.34. The summed E-state index contributed by atoms with van der Waals surface area (Å²) in [5.41, 5.74) is 1.09. The lowest BCUT2D eigenvalue weighted by Crippen LogP contribution is -2.05. The molecule has 2 heterocycles. The second-order valence-electron chi connectivity index (χ2n) is 4.33. The smallest absolute Gasteiger partial charge is 0.161 e. The molecule has 0 saturated heterocycles. The molecule has 0 bridgehead atoms. The van der Waals surface area contributed by atoms with Crippen molar-refractivity contribution in [2.24, 2.45) is 4.99 Å². The zero-order chi connectivity index (χ0) is 12.4. The van der Waals surface area contributed by atoms with Gasteiger partial charge in [-0.1, -0.05) is 30.8 Å². The van der Waals surface area contributed by atoms with Gasteiger partial charge in [-0.3, -0.25) is 9.98 Å².